The monoisotopic (exact) mass is 594 g/mol. The zero-order chi connectivity index (χ0) is 21.3. The Labute approximate surface area is 192 Å². The summed E-state index contributed by atoms with van der Waals surface area (Å²) in [4.78, 5) is 7.76. The summed E-state index contributed by atoms with van der Waals surface area (Å²) in [6.07, 6.45) is 1.78. The van der Waals surface area contributed by atoms with Crippen LogP contribution in [0.2, 0.25) is 0 Å². The van der Waals surface area contributed by atoms with E-state index in [1.165, 1.54) is 0 Å². The van der Waals surface area contributed by atoms with Gasteiger partial charge in [0, 0.05) is 11.9 Å². The molecule has 0 N–H and O–H groups in total. The second kappa shape index (κ2) is 8.87. The summed E-state index contributed by atoms with van der Waals surface area (Å²) in [5, 5.41) is 13.7. The molecular formula is C23H15F2N5Pt. The van der Waals surface area contributed by atoms with Crippen molar-refractivity contribution in [2.75, 3.05) is 0 Å². The molecule has 4 rings (SSSR count). The Hall–Kier alpha value is -3.23. The van der Waals surface area contributed by atoms with Crippen molar-refractivity contribution in [1.82, 2.24) is 19.7 Å². The van der Waals surface area contributed by atoms with Gasteiger partial charge in [0.25, 0.3) is 0 Å². The van der Waals surface area contributed by atoms with Gasteiger partial charge in [-0.15, -0.1) is 12.1 Å². The summed E-state index contributed by atoms with van der Waals surface area (Å²) in [5.41, 5.74) is 2.23. The summed E-state index contributed by atoms with van der Waals surface area (Å²) < 4.78 is 28.8. The number of halogens is 2. The maximum absolute atomic E-state index is 14.1. The largest absolute Gasteiger partial charge is 2.00 e. The minimum absolute atomic E-state index is 0. The standard InChI is InChI=1S/C23H15F2N5.Pt/c1-23(2,20-11-12-30(29-20)16-6-3-5-15(13-16)14-26)19-8-4-7-18(27-19)17-9-10-21(24)28-22(17)25;/h3-5,7-8,10-13H,1-2H3;/q-2;+2. The number of hydrogen-bond donors (Lipinski definition) is 0. The number of hydrogen-bond acceptors (Lipinski definition) is 4. The zero-order valence-corrected chi connectivity index (χ0v) is 18.8. The molecule has 0 bridgehead atoms. The molecule has 0 aliphatic carbocycles. The second-order valence-electron chi connectivity index (χ2n) is 7.14. The first-order valence-corrected chi connectivity index (χ1v) is 9.08. The van der Waals surface area contributed by atoms with Gasteiger partial charge in [-0.3, -0.25) is 9.67 Å². The Bertz CT molecular complexity index is 1280. The number of nitriles is 1. The average Bonchev–Trinajstić information content (AvgIpc) is 3.25. The summed E-state index contributed by atoms with van der Waals surface area (Å²) in [7, 11) is 0. The van der Waals surface area contributed by atoms with Gasteiger partial charge in [0.05, 0.1) is 17.2 Å². The fourth-order valence-corrected chi connectivity index (χ4v) is 3.05. The minimum Gasteiger partial charge on any atom is -0.300 e. The third-order valence-electron chi connectivity index (χ3n) is 4.78. The Morgan fingerprint density at radius 2 is 1.87 bits per heavy atom. The average molecular weight is 594 g/mol. The van der Waals surface area contributed by atoms with E-state index in [0.717, 1.165) is 11.8 Å². The van der Waals surface area contributed by atoms with Crippen LogP contribution in [0.5, 0.6) is 0 Å². The predicted molar refractivity (Wildman–Crippen MR) is 105 cm³/mol. The van der Waals surface area contributed by atoms with Crippen LogP contribution in [-0.4, -0.2) is 19.7 Å². The van der Waals surface area contributed by atoms with Crippen LogP contribution >= 0.6 is 0 Å². The van der Waals surface area contributed by atoms with Crippen molar-refractivity contribution in [2.24, 2.45) is 0 Å². The zero-order valence-electron chi connectivity index (χ0n) is 16.5. The van der Waals surface area contributed by atoms with Crippen molar-refractivity contribution in [3.63, 3.8) is 0 Å². The molecule has 0 radical (unpaired) electrons. The molecule has 0 spiro atoms. The van der Waals surface area contributed by atoms with Crippen LogP contribution in [-0.2, 0) is 26.5 Å². The van der Waals surface area contributed by atoms with Gasteiger partial charge in [0.15, 0.2) is 0 Å². The first kappa shape index (κ1) is 22.5. The molecule has 156 valence electrons. The fourth-order valence-electron chi connectivity index (χ4n) is 3.05. The fraction of sp³-hybridized carbons (Fsp3) is 0.130. The molecule has 0 atom stereocenters. The van der Waals surface area contributed by atoms with Crippen molar-refractivity contribution < 1.29 is 29.8 Å². The molecule has 31 heavy (non-hydrogen) atoms. The predicted octanol–water partition coefficient (Wildman–Crippen LogP) is 4.40. The SMILES string of the molecule is CC(C)(c1cccc(-c2[c-]cc(F)nc2F)n1)c1ccn(-c2[c-]ccc(C#N)c2)n1.[Pt+2]. The molecule has 8 heteroatoms. The van der Waals surface area contributed by atoms with Crippen LogP contribution in [0.4, 0.5) is 8.78 Å². The van der Waals surface area contributed by atoms with E-state index >= 15 is 0 Å². The van der Waals surface area contributed by atoms with Crippen molar-refractivity contribution in [3.05, 3.63) is 95.7 Å². The van der Waals surface area contributed by atoms with Crippen molar-refractivity contribution >= 4 is 0 Å². The topological polar surface area (TPSA) is 67.4 Å². The van der Waals surface area contributed by atoms with E-state index in [0.29, 0.717) is 22.6 Å². The van der Waals surface area contributed by atoms with Gasteiger partial charge in [0.1, 0.15) is 11.9 Å². The summed E-state index contributed by atoms with van der Waals surface area (Å²) in [5.74, 6) is -1.90. The minimum atomic E-state index is -0.963. The van der Waals surface area contributed by atoms with Gasteiger partial charge in [-0.25, -0.2) is 8.78 Å². The molecule has 0 unspecified atom stereocenters. The van der Waals surface area contributed by atoms with E-state index in [1.807, 2.05) is 26.0 Å². The van der Waals surface area contributed by atoms with Gasteiger partial charge < -0.3 is 4.98 Å². The van der Waals surface area contributed by atoms with E-state index in [4.69, 9.17) is 5.26 Å². The van der Waals surface area contributed by atoms with E-state index in [-0.39, 0.29) is 26.6 Å². The van der Waals surface area contributed by atoms with Gasteiger partial charge in [0.2, 0.25) is 0 Å². The van der Waals surface area contributed by atoms with Gasteiger partial charge in [-0.05, 0) is 37.4 Å². The third-order valence-corrected chi connectivity index (χ3v) is 4.78. The molecule has 0 amide bonds. The normalized spacial score (nSPS) is 10.9. The number of aromatic nitrogens is 4. The number of benzene rings is 1. The van der Waals surface area contributed by atoms with Gasteiger partial charge in [-0.2, -0.15) is 28.6 Å². The van der Waals surface area contributed by atoms with Crippen molar-refractivity contribution in [3.8, 4) is 23.0 Å². The van der Waals surface area contributed by atoms with Crippen LogP contribution in [0.25, 0.3) is 16.9 Å². The van der Waals surface area contributed by atoms with E-state index < -0.39 is 17.3 Å². The van der Waals surface area contributed by atoms with E-state index in [1.54, 1.807) is 41.2 Å². The molecule has 5 nitrogen and oxygen atoms in total. The van der Waals surface area contributed by atoms with Crippen LogP contribution in [0, 0.1) is 35.4 Å². The molecule has 0 saturated carbocycles. The van der Waals surface area contributed by atoms with E-state index in [2.05, 4.69) is 33.3 Å². The molecular weight excluding hydrogens is 579 g/mol. The van der Waals surface area contributed by atoms with Crippen molar-refractivity contribution in [1.29, 1.82) is 5.26 Å². The third kappa shape index (κ3) is 4.45. The van der Waals surface area contributed by atoms with Gasteiger partial charge in [-0.1, -0.05) is 29.3 Å². The first-order valence-electron chi connectivity index (χ1n) is 9.08. The quantitative estimate of drug-likeness (QED) is 0.260. The number of pyridine rings is 2. The van der Waals surface area contributed by atoms with Crippen LogP contribution in [0.15, 0.2) is 54.7 Å². The Kier molecular flexibility index (Phi) is 6.42. The molecule has 0 aliphatic rings. The Balaban J connectivity index is 0.00000272. The first-order chi connectivity index (χ1) is 14.4. The summed E-state index contributed by atoms with van der Waals surface area (Å²) in [6.45, 7) is 3.90. The maximum Gasteiger partial charge on any atom is 2.00 e. The summed E-state index contributed by atoms with van der Waals surface area (Å²) in [6, 6.07) is 20.8. The smallest absolute Gasteiger partial charge is 0.300 e. The Morgan fingerprint density at radius 3 is 2.61 bits per heavy atom. The van der Waals surface area contributed by atoms with E-state index in [9.17, 15) is 8.78 Å². The number of nitrogens with zero attached hydrogens (tertiary/aromatic N) is 5. The Morgan fingerprint density at radius 1 is 1.06 bits per heavy atom. The molecule has 3 aromatic heterocycles. The molecule has 0 saturated heterocycles. The van der Waals surface area contributed by atoms with Crippen LogP contribution in [0.3, 0.4) is 0 Å². The second-order valence-corrected chi connectivity index (χ2v) is 7.14. The molecule has 1 aromatic carbocycles. The molecule has 0 aliphatic heterocycles. The summed E-state index contributed by atoms with van der Waals surface area (Å²) >= 11 is 0. The van der Waals surface area contributed by atoms with Crippen molar-refractivity contribution in [2.45, 2.75) is 19.3 Å². The molecule has 4 aromatic rings. The number of rotatable bonds is 4. The molecule has 3 heterocycles. The van der Waals surface area contributed by atoms with Gasteiger partial charge >= 0.3 is 21.1 Å². The maximum atomic E-state index is 14.1. The molecule has 0 fully saturated rings. The van der Waals surface area contributed by atoms with Crippen LogP contribution < -0.4 is 0 Å². The van der Waals surface area contributed by atoms with Crippen LogP contribution in [0.1, 0.15) is 30.8 Å².